The van der Waals surface area contributed by atoms with Crippen molar-refractivity contribution in [3.05, 3.63) is 5.89 Å². The van der Waals surface area contributed by atoms with E-state index in [1.54, 1.807) is 0 Å². The highest BCUT2D eigenvalue weighted by Gasteiger charge is 2.39. The molecule has 3 rings (SSSR count). The molecule has 3 heterocycles. The van der Waals surface area contributed by atoms with Crippen molar-refractivity contribution in [3.8, 4) is 17.7 Å². The van der Waals surface area contributed by atoms with Crippen LogP contribution in [0.5, 0.6) is 6.01 Å². The van der Waals surface area contributed by atoms with Gasteiger partial charge in [0.2, 0.25) is 17.6 Å². The van der Waals surface area contributed by atoms with Crippen molar-refractivity contribution in [2.24, 2.45) is 0 Å². The number of ether oxygens (including phenoxy) is 1. The van der Waals surface area contributed by atoms with Gasteiger partial charge >= 0.3 is 18.1 Å². The minimum absolute atomic E-state index is 0.0195. The predicted molar refractivity (Wildman–Crippen MR) is 70.7 cm³/mol. The Morgan fingerprint density at radius 2 is 1.74 bits per heavy atom. The maximum absolute atomic E-state index is 12.6. The van der Waals surface area contributed by atoms with E-state index < -0.39 is 12.1 Å². The van der Waals surface area contributed by atoms with Crippen molar-refractivity contribution >= 4 is 5.95 Å². The Kier molecular flexibility index (Phi) is 4.01. The second kappa shape index (κ2) is 5.97. The first-order chi connectivity index (χ1) is 11.0. The molecule has 0 radical (unpaired) electrons. The number of rotatable bonds is 3. The Morgan fingerprint density at radius 3 is 2.35 bits per heavy atom. The van der Waals surface area contributed by atoms with E-state index in [-0.39, 0.29) is 17.7 Å². The van der Waals surface area contributed by atoms with E-state index in [0.29, 0.717) is 5.95 Å². The number of hydrogen-bond donors (Lipinski definition) is 0. The Bertz CT molecular complexity index is 684. The maximum atomic E-state index is 12.6. The zero-order valence-corrected chi connectivity index (χ0v) is 12.2. The van der Waals surface area contributed by atoms with Crippen LogP contribution in [0.2, 0.25) is 0 Å². The van der Waals surface area contributed by atoms with Crippen LogP contribution in [0.1, 0.15) is 25.2 Å². The molecule has 8 nitrogen and oxygen atoms in total. The van der Waals surface area contributed by atoms with E-state index in [1.165, 1.54) is 7.11 Å². The third-order valence-electron chi connectivity index (χ3n) is 3.29. The summed E-state index contributed by atoms with van der Waals surface area (Å²) in [6.07, 6.45) is -1.63. The topological polar surface area (TPSA) is 90.1 Å². The summed E-state index contributed by atoms with van der Waals surface area (Å²) in [6.45, 7) is 1.51. The molecule has 1 aliphatic heterocycles. The molecule has 124 valence electrons. The van der Waals surface area contributed by atoms with Gasteiger partial charge in [-0.15, -0.1) is 0 Å². The molecule has 0 aliphatic carbocycles. The highest BCUT2D eigenvalue weighted by molar-refractivity contribution is 5.46. The summed E-state index contributed by atoms with van der Waals surface area (Å²) in [5, 5.41) is 3.28. The zero-order chi connectivity index (χ0) is 16.4. The van der Waals surface area contributed by atoms with Gasteiger partial charge in [-0.1, -0.05) is 5.16 Å². The van der Waals surface area contributed by atoms with E-state index >= 15 is 0 Å². The molecule has 0 N–H and O–H groups in total. The summed E-state index contributed by atoms with van der Waals surface area (Å²) >= 11 is 0. The third kappa shape index (κ3) is 3.32. The van der Waals surface area contributed by atoms with Crippen molar-refractivity contribution in [2.45, 2.75) is 25.4 Å². The van der Waals surface area contributed by atoms with E-state index in [4.69, 9.17) is 4.74 Å². The first-order valence-corrected chi connectivity index (χ1v) is 6.93. The predicted octanol–water partition coefficient (Wildman–Crippen LogP) is 1.94. The molecule has 0 saturated carbocycles. The third-order valence-corrected chi connectivity index (χ3v) is 3.29. The van der Waals surface area contributed by atoms with Crippen LogP contribution >= 0.6 is 0 Å². The van der Waals surface area contributed by atoms with E-state index in [1.807, 2.05) is 4.90 Å². The number of alkyl halides is 3. The van der Waals surface area contributed by atoms with E-state index in [0.717, 1.165) is 32.4 Å². The fraction of sp³-hybridized carbons (Fsp3) is 0.583. The summed E-state index contributed by atoms with van der Waals surface area (Å²) < 4.78 is 46.8. The highest BCUT2D eigenvalue weighted by Crippen LogP contribution is 2.29. The fourth-order valence-corrected chi connectivity index (χ4v) is 2.20. The standard InChI is InChI=1S/C12H13F3N6O2/c1-22-11-18-7(8-16-9(23-20-8)12(13,14)15)17-10(19-11)21-5-3-2-4-6-21/h2-6H2,1H3. The first-order valence-electron chi connectivity index (χ1n) is 6.93. The summed E-state index contributed by atoms with van der Waals surface area (Å²) in [7, 11) is 1.36. The van der Waals surface area contributed by atoms with E-state index in [2.05, 4.69) is 29.6 Å². The number of piperidine rings is 1. The van der Waals surface area contributed by atoms with Crippen LogP contribution in [0, 0.1) is 0 Å². The van der Waals surface area contributed by atoms with Gasteiger partial charge in [0, 0.05) is 13.1 Å². The smallest absolute Gasteiger partial charge is 0.467 e. The lowest BCUT2D eigenvalue weighted by atomic mass is 10.1. The van der Waals surface area contributed by atoms with Gasteiger partial charge in [-0.2, -0.15) is 33.1 Å². The number of hydrogen-bond acceptors (Lipinski definition) is 8. The molecule has 0 spiro atoms. The summed E-state index contributed by atoms with van der Waals surface area (Å²) in [5.41, 5.74) is 0. The van der Waals surface area contributed by atoms with Crippen molar-refractivity contribution in [1.29, 1.82) is 0 Å². The van der Waals surface area contributed by atoms with Crippen molar-refractivity contribution in [3.63, 3.8) is 0 Å². The normalized spacial score (nSPS) is 15.7. The summed E-state index contributed by atoms with van der Waals surface area (Å²) in [4.78, 5) is 17.4. The number of methoxy groups -OCH3 is 1. The molecule has 2 aromatic rings. The Morgan fingerprint density at radius 1 is 1.00 bits per heavy atom. The van der Waals surface area contributed by atoms with Crippen molar-refractivity contribution in [2.75, 3.05) is 25.1 Å². The molecule has 23 heavy (non-hydrogen) atoms. The molecule has 0 unspecified atom stereocenters. The lowest BCUT2D eigenvalue weighted by molar-refractivity contribution is -0.159. The monoisotopic (exact) mass is 330 g/mol. The zero-order valence-electron chi connectivity index (χ0n) is 12.2. The van der Waals surface area contributed by atoms with E-state index in [9.17, 15) is 13.2 Å². The molecule has 0 amide bonds. The van der Waals surface area contributed by atoms with Crippen LogP contribution in [0.25, 0.3) is 11.6 Å². The van der Waals surface area contributed by atoms with Gasteiger partial charge in [0.05, 0.1) is 7.11 Å². The number of nitrogens with zero attached hydrogens (tertiary/aromatic N) is 6. The van der Waals surface area contributed by atoms with Gasteiger partial charge in [-0.05, 0) is 19.3 Å². The second-order valence-corrected chi connectivity index (χ2v) is 4.91. The summed E-state index contributed by atoms with van der Waals surface area (Å²) in [5.74, 6) is -1.62. The van der Waals surface area contributed by atoms with Gasteiger partial charge in [0.25, 0.3) is 0 Å². The lowest BCUT2D eigenvalue weighted by Gasteiger charge is -2.26. The largest absolute Gasteiger partial charge is 0.471 e. The molecule has 1 aliphatic rings. The second-order valence-electron chi connectivity index (χ2n) is 4.91. The molecule has 2 aromatic heterocycles. The van der Waals surface area contributed by atoms with Gasteiger partial charge in [0.15, 0.2) is 0 Å². The van der Waals surface area contributed by atoms with Crippen LogP contribution in [-0.2, 0) is 6.18 Å². The van der Waals surface area contributed by atoms with Crippen LogP contribution < -0.4 is 9.64 Å². The molecule has 11 heteroatoms. The summed E-state index contributed by atoms with van der Waals surface area (Å²) in [6, 6.07) is -0.0195. The van der Waals surface area contributed by atoms with Gasteiger partial charge < -0.3 is 14.2 Å². The molecular formula is C12H13F3N6O2. The Balaban J connectivity index is 1.96. The highest BCUT2D eigenvalue weighted by atomic mass is 19.4. The van der Waals surface area contributed by atoms with Crippen LogP contribution in [-0.4, -0.2) is 45.3 Å². The molecule has 1 saturated heterocycles. The first kappa shape index (κ1) is 15.4. The fourth-order valence-electron chi connectivity index (χ4n) is 2.20. The lowest BCUT2D eigenvalue weighted by Crippen LogP contribution is -2.31. The van der Waals surface area contributed by atoms with Gasteiger partial charge in [-0.3, -0.25) is 0 Å². The van der Waals surface area contributed by atoms with Gasteiger partial charge in [-0.25, -0.2) is 0 Å². The average molecular weight is 330 g/mol. The quantitative estimate of drug-likeness (QED) is 0.843. The van der Waals surface area contributed by atoms with Crippen LogP contribution in [0.3, 0.4) is 0 Å². The Labute approximate surface area is 128 Å². The SMILES string of the molecule is COc1nc(-c2noc(C(F)(F)F)n2)nc(N2CCCCC2)n1. The van der Waals surface area contributed by atoms with Crippen molar-refractivity contribution < 1.29 is 22.4 Å². The van der Waals surface area contributed by atoms with Crippen molar-refractivity contribution in [1.82, 2.24) is 25.1 Å². The van der Waals surface area contributed by atoms with Crippen LogP contribution in [0.4, 0.5) is 19.1 Å². The molecule has 0 aromatic carbocycles. The minimum atomic E-state index is -4.72. The number of anilines is 1. The number of aromatic nitrogens is 5. The Hall–Kier alpha value is -2.46. The average Bonchev–Trinajstić information content (AvgIpc) is 3.05. The maximum Gasteiger partial charge on any atom is 0.471 e. The molecule has 1 fully saturated rings. The van der Waals surface area contributed by atoms with Crippen LogP contribution in [0.15, 0.2) is 4.52 Å². The molecular weight excluding hydrogens is 317 g/mol. The molecule has 0 bridgehead atoms. The minimum Gasteiger partial charge on any atom is -0.467 e. The number of halogens is 3. The van der Waals surface area contributed by atoms with Gasteiger partial charge in [0.1, 0.15) is 0 Å². The molecule has 0 atom stereocenters.